The molecule has 4 unspecified atom stereocenters. The van der Waals surface area contributed by atoms with Gasteiger partial charge in [0, 0.05) is 42.0 Å². The van der Waals surface area contributed by atoms with Crippen LogP contribution in [-0.2, 0) is 9.59 Å². The highest BCUT2D eigenvalue weighted by Gasteiger charge is 2.42. The second kappa shape index (κ2) is 9.00. The Hall–Kier alpha value is -3.15. The van der Waals surface area contributed by atoms with Gasteiger partial charge in [-0.05, 0) is 48.4 Å². The molecule has 2 N–H and O–H groups in total. The van der Waals surface area contributed by atoms with Crippen LogP contribution < -0.4 is 0 Å². The lowest BCUT2D eigenvalue weighted by molar-refractivity contribution is -0.150. The molecule has 1 saturated carbocycles. The summed E-state index contributed by atoms with van der Waals surface area (Å²) in [5, 5.41) is 10.2. The first-order valence-corrected chi connectivity index (χ1v) is 11.9. The van der Waals surface area contributed by atoms with Crippen LogP contribution in [0.3, 0.4) is 0 Å². The van der Waals surface area contributed by atoms with Crippen molar-refractivity contribution in [2.75, 3.05) is 6.54 Å². The largest absolute Gasteiger partial charge is 0.481 e. The van der Waals surface area contributed by atoms with E-state index in [1.807, 2.05) is 41.3 Å². The maximum Gasteiger partial charge on any atom is 0.308 e. The monoisotopic (exact) mass is 448 g/mol. The van der Waals surface area contributed by atoms with E-state index >= 15 is 0 Å². The Morgan fingerprint density at radius 3 is 2.67 bits per heavy atom. The predicted octanol–water partition coefficient (Wildman–Crippen LogP) is 5.32. The van der Waals surface area contributed by atoms with Crippen LogP contribution in [0.4, 0.5) is 4.39 Å². The molecule has 33 heavy (non-hydrogen) atoms. The number of likely N-dealkylation sites (tertiary alicyclic amines) is 1. The zero-order valence-corrected chi connectivity index (χ0v) is 18.5. The van der Waals surface area contributed by atoms with E-state index in [4.69, 9.17) is 0 Å². The Bertz CT molecular complexity index is 1160. The van der Waals surface area contributed by atoms with Crippen molar-refractivity contribution in [3.63, 3.8) is 0 Å². The van der Waals surface area contributed by atoms with E-state index in [1.165, 1.54) is 6.07 Å². The first-order chi connectivity index (χ1) is 16.0. The number of nitrogens with zero attached hydrogens (tertiary/aromatic N) is 1. The van der Waals surface area contributed by atoms with Crippen LogP contribution in [0.25, 0.3) is 10.9 Å². The molecule has 5 nitrogen and oxygen atoms in total. The van der Waals surface area contributed by atoms with Crippen LogP contribution in [0, 0.1) is 17.7 Å². The molecule has 2 aliphatic rings. The highest BCUT2D eigenvalue weighted by atomic mass is 19.1. The van der Waals surface area contributed by atoms with Crippen LogP contribution in [0.2, 0.25) is 0 Å². The van der Waals surface area contributed by atoms with Crippen molar-refractivity contribution in [3.05, 3.63) is 71.7 Å². The molecule has 0 spiro atoms. The van der Waals surface area contributed by atoms with Crippen LogP contribution in [0.1, 0.15) is 55.6 Å². The van der Waals surface area contributed by atoms with Gasteiger partial charge < -0.3 is 15.0 Å². The summed E-state index contributed by atoms with van der Waals surface area (Å²) < 4.78 is 14.8. The Balaban J connectivity index is 1.50. The second-order valence-corrected chi connectivity index (χ2v) is 9.50. The fourth-order valence-electron chi connectivity index (χ4n) is 5.98. The Morgan fingerprint density at radius 2 is 1.88 bits per heavy atom. The number of carbonyl (C=O) groups is 2. The van der Waals surface area contributed by atoms with Crippen molar-refractivity contribution in [2.45, 2.75) is 50.5 Å². The summed E-state index contributed by atoms with van der Waals surface area (Å²) in [4.78, 5) is 30.6. The van der Waals surface area contributed by atoms with E-state index in [1.54, 1.807) is 12.3 Å². The number of benzene rings is 2. The number of halogens is 1. The lowest BCUT2D eigenvalue weighted by Crippen LogP contribution is -2.54. The van der Waals surface area contributed by atoms with Gasteiger partial charge in [-0.2, -0.15) is 0 Å². The molecule has 2 heterocycles. The fourth-order valence-corrected chi connectivity index (χ4v) is 5.98. The molecule has 0 bridgehead atoms. The molecule has 1 aliphatic carbocycles. The summed E-state index contributed by atoms with van der Waals surface area (Å²) in [5.41, 5.74) is 2.41. The van der Waals surface area contributed by atoms with E-state index in [-0.39, 0.29) is 42.6 Å². The Kier molecular flexibility index (Phi) is 5.92. The number of carbonyl (C=O) groups excluding carboxylic acids is 1. The van der Waals surface area contributed by atoms with Gasteiger partial charge in [0.1, 0.15) is 5.82 Å². The number of piperidine rings is 1. The van der Waals surface area contributed by atoms with Gasteiger partial charge in [-0.1, -0.05) is 49.2 Å². The summed E-state index contributed by atoms with van der Waals surface area (Å²) in [6.45, 7) is 0.263. The zero-order chi connectivity index (χ0) is 22.9. The average molecular weight is 449 g/mol. The number of H-pyrrole nitrogens is 1. The molecule has 1 aromatic heterocycles. The van der Waals surface area contributed by atoms with E-state index in [0.29, 0.717) is 17.3 Å². The molecular weight excluding hydrogens is 419 g/mol. The number of rotatable bonds is 5. The molecule has 1 amide bonds. The number of hydrogen-bond acceptors (Lipinski definition) is 2. The molecule has 1 saturated heterocycles. The zero-order valence-electron chi connectivity index (χ0n) is 18.5. The van der Waals surface area contributed by atoms with Crippen molar-refractivity contribution in [2.24, 2.45) is 11.8 Å². The second-order valence-electron chi connectivity index (χ2n) is 9.50. The molecule has 1 aliphatic heterocycles. The van der Waals surface area contributed by atoms with Gasteiger partial charge in [-0.15, -0.1) is 0 Å². The molecule has 2 fully saturated rings. The lowest BCUT2D eigenvalue weighted by atomic mass is 9.74. The number of aliphatic carboxylic acids is 1. The maximum atomic E-state index is 14.8. The first-order valence-electron chi connectivity index (χ1n) is 11.9. The Labute approximate surface area is 192 Å². The van der Waals surface area contributed by atoms with Gasteiger partial charge in [0.05, 0.1) is 5.92 Å². The van der Waals surface area contributed by atoms with Gasteiger partial charge in [0.15, 0.2) is 0 Å². The van der Waals surface area contributed by atoms with Crippen molar-refractivity contribution in [3.8, 4) is 0 Å². The molecule has 0 radical (unpaired) electrons. The molecule has 5 rings (SSSR count). The van der Waals surface area contributed by atoms with E-state index in [9.17, 15) is 19.1 Å². The molecule has 6 heteroatoms. The fraction of sp³-hybridized carbons (Fsp3) is 0.407. The van der Waals surface area contributed by atoms with Crippen LogP contribution in [-0.4, -0.2) is 39.5 Å². The standard InChI is InChI=1S/C27H29FN2O3/c28-22-10-6-11-23-26(22)21(15-29-23)20(17-7-2-1-3-8-17)14-25(31)30-16-19(27(32)33)13-18-9-4-5-12-24(18)30/h1-3,6-8,10-11,15,18-20,24,29H,4-5,9,12-14,16H2,(H,32,33). The highest BCUT2D eigenvalue weighted by molar-refractivity contribution is 5.87. The highest BCUT2D eigenvalue weighted by Crippen LogP contribution is 2.40. The van der Waals surface area contributed by atoms with Crippen molar-refractivity contribution in [1.82, 2.24) is 9.88 Å². The number of nitrogens with one attached hydrogen (secondary N) is 1. The van der Waals surface area contributed by atoms with Crippen LogP contribution in [0.5, 0.6) is 0 Å². The lowest BCUT2D eigenvalue weighted by Gasteiger charge is -2.46. The normalized spacial score (nSPS) is 23.8. The van der Waals surface area contributed by atoms with Gasteiger partial charge in [-0.25, -0.2) is 4.39 Å². The summed E-state index contributed by atoms with van der Waals surface area (Å²) >= 11 is 0. The van der Waals surface area contributed by atoms with Gasteiger partial charge in [0.25, 0.3) is 0 Å². The summed E-state index contributed by atoms with van der Waals surface area (Å²) in [5.74, 6) is -1.77. The number of fused-ring (bicyclic) bond motifs is 2. The minimum absolute atomic E-state index is 0.0441. The third kappa shape index (κ3) is 4.14. The molecule has 2 aromatic carbocycles. The van der Waals surface area contributed by atoms with Crippen molar-refractivity contribution in [1.29, 1.82) is 0 Å². The third-order valence-electron chi connectivity index (χ3n) is 7.58. The Morgan fingerprint density at radius 1 is 1.09 bits per heavy atom. The SMILES string of the molecule is O=C(O)C1CC2CCCCC2N(C(=O)CC(c2ccccc2)c2c[nH]c3cccc(F)c23)C1. The smallest absolute Gasteiger partial charge is 0.308 e. The van der Waals surface area contributed by atoms with Crippen molar-refractivity contribution >= 4 is 22.8 Å². The topological polar surface area (TPSA) is 73.4 Å². The van der Waals surface area contributed by atoms with Gasteiger partial charge in [0.2, 0.25) is 5.91 Å². The molecular formula is C27H29FN2O3. The van der Waals surface area contributed by atoms with Crippen LogP contribution >= 0.6 is 0 Å². The first kappa shape index (κ1) is 21.7. The predicted molar refractivity (Wildman–Crippen MR) is 124 cm³/mol. The van der Waals surface area contributed by atoms with E-state index < -0.39 is 11.9 Å². The summed E-state index contributed by atoms with van der Waals surface area (Å²) in [6.07, 6.45) is 6.71. The summed E-state index contributed by atoms with van der Waals surface area (Å²) in [7, 11) is 0. The number of aromatic nitrogens is 1. The third-order valence-corrected chi connectivity index (χ3v) is 7.58. The molecule has 4 atom stereocenters. The number of amides is 1. The number of carboxylic acid groups (broad SMARTS) is 1. The number of carboxylic acids is 1. The average Bonchev–Trinajstić information content (AvgIpc) is 3.27. The van der Waals surface area contributed by atoms with E-state index in [0.717, 1.165) is 36.8 Å². The maximum absolute atomic E-state index is 14.8. The van der Waals surface area contributed by atoms with Gasteiger partial charge in [-0.3, -0.25) is 9.59 Å². The minimum Gasteiger partial charge on any atom is -0.481 e. The van der Waals surface area contributed by atoms with Gasteiger partial charge >= 0.3 is 5.97 Å². The van der Waals surface area contributed by atoms with E-state index in [2.05, 4.69) is 4.98 Å². The number of hydrogen-bond donors (Lipinski definition) is 2. The minimum atomic E-state index is -0.824. The molecule has 3 aromatic rings. The number of aromatic amines is 1. The quantitative estimate of drug-likeness (QED) is 0.555. The summed E-state index contributed by atoms with van der Waals surface area (Å²) in [6, 6.07) is 14.8. The van der Waals surface area contributed by atoms with Crippen LogP contribution in [0.15, 0.2) is 54.7 Å². The molecule has 172 valence electrons. The van der Waals surface area contributed by atoms with Crippen molar-refractivity contribution < 1.29 is 19.1 Å².